The molecule has 1 saturated carbocycles. The fraction of sp³-hybridized carbons (Fsp3) is 0.164. The summed E-state index contributed by atoms with van der Waals surface area (Å²) in [5.41, 5.74) is 15.5. The van der Waals surface area contributed by atoms with Crippen molar-refractivity contribution >= 4 is 59.3 Å². The van der Waals surface area contributed by atoms with E-state index < -0.39 is 0 Å². The standard InChI is InChI=1S/C55H45NS/c1-55(2)49-35-41(32-33-44(49)46-23-13-22-43(53(46)55)38-17-7-4-8-18-38)56(40-30-27-37(28-31-40)36-15-5-3-6-16-36)50-34-29-39-19-9-10-20-42(39)52(50)48-25-14-24-47-45-21-11-12-26-51(45)57-54(47)48/h4,7-14,17-36H,3,5-6,15-16H2,1-2H3. The van der Waals surface area contributed by atoms with Gasteiger partial charge in [0, 0.05) is 48.1 Å². The zero-order chi connectivity index (χ0) is 38.1. The Labute approximate surface area is 339 Å². The van der Waals surface area contributed by atoms with Gasteiger partial charge in [-0.05, 0) is 105 Å². The van der Waals surface area contributed by atoms with E-state index in [0.717, 1.165) is 0 Å². The molecule has 0 unspecified atom stereocenters. The maximum Gasteiger partial charge on any atom is 0.0547 e. The van der Waals surface area contributed by atoms with Crippen LogP contribution in [0.3, 0.4) is 0 Å². The SMILES string of the molecule is CC1(C)c2cc(N(c3ccc(C4CCCCC4)cc3)c3ccc4ccccc4c3-c3cccc4c3sc3ccccc34)ccc2-c2cccc(-c3ccccc3)c21. The monoisotopic (exact) mass is 751 g/mol. The molecule has 2 heteroatoms. The van der Waals surface area contributed by atoms with Crippen molar-refractivity contribution in [1.29, 1.82) is 0 Å². The minimum absolute atomic E-state index is 0.196. The van der Waals surface area contributed by atoms with Crippen LogP contribution in [0.1, 0.15) is 68.6 Å². The van der Waals surface area contributed by atoms with Gasteiger partial charge in [-0.25, -0.2) is 0 Å². The molecule has 0 radical (unpaired) electrons. The first-order valence-electron chi connectivity index (χ1n) is 20.7. The molecule has 1 nitrogen and oxygen atoms in total. The fourth-order valence-corrected chi connectivity index (χ4v) is 11.5. The highest BCUT2D eigenvalue weighted by Crippen LogP contribution is 2.55. The fourth-order valence-electron chi connectivity index (χ4n) is 10.3. The van der Waals surface area contributed by atoms with Crippen molar-refractivity contribution in [2.75, 3.05) is 4.90 Å². The number of thiophene rings is 1. The van der Waals surface area contributed by atoms with Crippen molar-refractivity contribution in [3.05, 3.63) is 187 Å². The molecular weight excluding hydrogens is 707 g/mol. The summed E-state index contributed by atoms with van der Waals surface area (Å²) in [5, 5.41) is 5.17. The van der Waals surface area contributed by atoms with E-state index in [0.29, 0.717) is 5.92 Å². The number of nitrogens with zero attached hydrogens (tertiary/aromatic N) is 1. The molecule has 11 rings (SSSR count). The van der Waals surface area contributed by atoms with E-state index in [-0.39, 0.29) is 5.41 Å². The summed E-state index contributed by atoms with van der Waals surface area (Å²) in [7, 11) is 0. The van der Waals surface area contributed by atoms with Crippen LogP contribution in [0.5, 0.6) is 0 Å². The Kier molecular flexibility index (Phi) is 8.19. The molecule has 0 saturated heterocycles. The molecule has 0 aliphatic heterocycles. The predicted octanol–water partition coefficient (Wildman–Crippen LogP) is 16.4. The molecule has 0 bridgehead atoms. The van der Waals surface area contributed by atoms with Gasteiger partial charge >= 0.3 is 0 Å². The van der Waals surface area contributed by atoms with E-state index in [9.17, 15) is 0 Å². The second-order valence-electron chi connectivity index (χ2n) is 16.7. The van der Waals surface area contributed by atoms with Crippen LogP contribution >= 0.6 is 11.3 Å². The summed E-state index contributed by atoms with van der Waals surface area (Å²) in [5.74, 6) is 0.654. The Morgan fingerprint density at radius 2 is 1.21 bits per heavy atom. The number of anilines is 3. The maximum atomic E-state index is 2.55. The molecule has 2 aliphatic carbocycles. The van der Waals surface area contributed by atoms with Crippen molar-refractivity contribution in [2.45, 2.75) is 57.3 Å². The summed E-state index contributed by atoms with van der Waals surface area (Å²) >= 11 is 1.91. The summed E-state index contributed by atoms with van der Waals surface area (Å²) in [6.07, 6.45) is 6.62. The number of hydrogen-bond donors (Lipinski definition) is 0. The molecule has 2 aliphatic rings. The molecule has 0 N–H and O–H groups in total. The maximum absolute atomic E-state index is 2.55. The average molecular weight is 752 g/mol. The van der Waals surface area contributed by atoms with Crippen molar-refractivity contribution in [1.82, 2.24) is 0 Å². The first-order valence-corrected chi connectivity index (χ1v) is 21.5. The van der Waals surface area contributed by atoms with Crippen LogP contribution in [-0.4, -0.2) is 0 Å². The summed E-state index contributed by atoms with van der Waals surface area (Å²) < 4.78 is 2.66. The van der Waals surface area contributed by atoms with Gasteiger partial charge in [0.25, 0.3) is 0 Å². The molecule has 0 spiro atoms. The Balaban J connectivity index is 1.15. The first kappa shape index (κ1) is 34.3. The van der Waals surface area contributed by atoms with E-state index in [1.165, 1.54) is 130 Å². The van der Waals surface area contributed by atoms with E-state index in [1.807, 2.05) is 11.3 Å². The third-order valence-corrected chi connectivity index (χ3v) is 14.3. The lowest BCUT2D eigenvalue weighted by molar-refractivity contribution is 0.443. The Morgan fingerprint density at radius 3 is 2.05 bits per heavy atom. The molecule has 57 heavy (non-hydrogen) atoms. The first-order chi connectivity index (χ1) is 28.0. The van der Waals surface area contributed by atoms with E-state index >= 15 is 0 Å². The normalized spacial score (nSPS) is 14.9. The second-order valence-corrected chi connectivity index (χ2v) is 17.7. The highest BCUT2D eigenvalue weighted by atomic mass is 32.1. The molecule has 8 aromatic carbocycles. The number of hydrogen-bond acceptors (Lipinski definition) is 2. The van der Waals surface area contributed by atoms with Crippen LogP contribution in [0.15, 0.2) is 170 Å². The Morgan fingerprint density at radius 1 is 0.526 bits per heavy atom. The molecule has 0 amide bonds. The van der Waals surface area contributed by atoms with Gasteiger partial charge in [0.15, 0.2) is 0 Å². The lowest BCUT2D eigenvalue weighted by Gasteiger charge is -2.31. The van der Waals surface area contributed by atoms with E-state index in [1.54, 1.807) is 0 Å². The molecule has 1 aromatic heterocycles. The lowest BCUT2D eigenvalue weighted by Crippen LogP contribution is -2.18. The Bertz CT molecular complexity index is 2960. The average Bonchev–Trinajstić information content (AvgIpc) is 3.76. The number of fused-ring (bicyclic) bond motifs is 7. The molecule has 1 heterocycles. The molecule has 276 valence electrons. The van der Waals surface area contributed by atoms with Gasteiger partial charge in [-0.2, -0.15) is 0 Å². The van der Waals surface area contributed by atoms with Crippen LogP contribution in [0.2, 0.25) is 0 Å². The van der Waals surface area contributed by atoms with Crippen molar-refractivity contribution in [3.8, 4) is 33.4 Å². The highest BCUT2D eigenvalue weighted by Gasteiger charge is 2.38. The highest BCUT2D eigenvalue weighted by molar-refractivity contribution is 7.26. The van der Waals surface area contributed by atoms with Crippen LogP contribution in [0.4, 0.5) is 17.1 Å². The zero-order valence-corrected chi connectivity index (χ0v) is 33.5. The van der Waals surface area contributed by atoms with Crippen LogP contribution in [0.25, 0.3) is 64.3 Å². The number of rotatable bonds is 6. The van der Waals surface area contributed by atoms with E-state index in [2.05, 4.69) is 189 Å². The summed E-state index contributed by atoms with van der Waals surface area (Å²) in [6.45, 7) is 4.83. The minimum Gasteiger partial charge on any atom is -0.310 e. The van der Waals surface area contributed by atoms with Gasteiger partial charge in [-0.15, -0.1) is 11.3 Å². The van der Waals surface area contributed by atoms with E-state index in [4.69, 9.17) is 0 Å². The molecule has 9 aromatic rings. The quantitative estimate of drug-likeness (QED) is 0.164. The molecule has 1 fully saturated rings. The van der Waals surface area contributed by atoms with Crippen LogP contribution < -0.4 is 4.90 Å². The van der Waals surface area contributed by atoms with Gasteiger partial charge in [0.1, 0.15) is 0 Å². The Hall–Kier alpha value is -5.96. The van der Waals surface area contributed by atoms with Crippen molar-refractivity contribution in [3.63, 3.8) is 0 Å². The van der Waals surface area contributed by atoms with Crippen molar-refractivity contribution < 1.29 is 0 Å². The third-order valence-electron chi connectivity index (χ3n) is 13.0. The van der Waals surface area contributed by atoms with Gasteiger partial charge in [-0.1, -0.05) is 167 Å². The van der Waals surface area contributed by atoms with Gasteiger partial charge in [0.05, 0.1) is 5.69 Å². The second kappa shape index (κ2) is 13.6. The topological polar surface area (TPSA) is 3.24 Å². The largest absolute Gasteiger partial charge is 0.310 e. The smallest absolute Gasteiger partial charge is 0.0547 e. The molecule has 0 atom stereocenters. The van der Waals surface area contributed by atoms with Crippen LogP contribution in [0, 0.1) is 0 Å². The summed E-state index contributed by atoms with van der Waals surface area (Å²) in [6, 6.07) is 64.1. The van der Waals surface area contributed by atoms with Crippen LogP contribution in [-0.2, 0) is 5.41 Å². The van der Waals surface area contributed by atoms with Crippen molar-refractivity contribution in [2.24, 2.45) is 0 Å². The lowest BCUT2D eigenvalue weighted by atomic mass is 9.78. The minimum atomic E-state index is -0.196. The summed E-state index contributed by atoms with van der Waals surface area (Å²) in [4.78, 5) is 2.55. The van der Waals surface area contributed by atoms with Gasteiger partial charge < -0.3 is 4.90 Å². The third kappa shape index (κ3) is 5.57. The zero-order valence-electron chi connectivity index (χ0n) is 32.6. The predicted molar refractivity (Wildman–Crippen MR) is 246 cm³/mol. The molecular formula is C55H45NS. The van der Waals surface area contributed by atoms with Gasteiger partial charge in [-0.3, -0.25) is 0 Å². The van der Waals surface area contributed by atoms with Gasteiger partial charge in [0.2, 0.25) is 0 Å². The number of benzene rings is 8.